The van der Waals surface area contributed by atoms with Gasteiger partial charge >= 0.3 is 5.97 Å². The van der Waals surface area contributed by atoms with Crippen LogP contribution in [0, 0.1) is 20.2 Å². The smallest absolute Gasteiger partial charge is 0.326 e. The van der Waals surface area contributed by atoms with E-state index in [9.17, 15) is 34.9 Å². The molecule has 0 radical (unpaired) electrons. The first-order valence-corrected chi connectivity index (χ1v) is 7.29. The maximum atomic E-state index is 12.3. The minimum Gasteiger partial charge on any atom is -0.480 e. The van der Waals surface area contributed by atoms with Crippen LogP contribution in [-0.2, 0) is 11.2 Å². The Bertz CT molecular complexity index is 835. The molecule has 0 saturated heterocycles. The molecule has 2 aromatic carbocycles. The van der Waals surface area contributed by atoms with Gasteiger partial charge in [-0.3, -0.25) is 25.0 Å². The molecule has 0 bridgehead atoms. The molecular formula is C16H13N3O7. The maximum absolute atomic E-state index is 12.3. The van der Waals surface area contributed by atoms with Crippen molar-refractivity contribution >= 4 is 23.3 Å². The van der Waals surface area contributed by atoms with E-state index in [0.717, 1.165) is 18.2 Å². The summed E-state index contributed by atoms with van der Waals surface area (Å²) in [5.74, 6) is -2.26. The number of nitrogens with zero attached hydrogens (tertiary/aromatic N) is 2. The third-order valence-corrected chi connectivity index (χ3v) is 3.47. The normalized spacial score (nSPS) is 11.4. The Morgan fingerprint density at radius 3 is 2.00 bits per heavy atom. The Labute approximate surface area is 146 Å². The topological polar surface area (TPSA) is 153 Å². The lowest BCUT2D eigenvalue weighted by Gasteiger charge is -2.14. The van der Waals surface area contributed by atoms with Gasteiger partial charge in [0.25, 0.3) is 17.3 Å². The number of benzene rings is 2. The first-order valence-electron chi connectivity index (χ1n) is 7.29. The van der Waals surface area contributed by atoms with E-state index in [1.807, 2.05) is 0 Å². The van der Waals surface area contributed by atoms with Crippen LogP contribution in [0.5, 0.6) is 0 Å². The second kappa shape index (κ2) is 7.83. The summed E-state index contributed by atoms with van der Waals surface area (Å²) in [6.07, 6.45) is -0.0149. The van der Waals surface area contributed by atoms with Crippen molar-refractivity contribution in [3.8, 4) is 0 Å². The van der Waals surface area contributed by atoms with Crippen LogP contribution in [0.3, 0.4) is 0 Å². The summed E-state index contributed by atoms with van der Waals surface area (Å²) >= 11 is 0. The van der Waals surface area contributed by atoms with Gasteiger partial charge in [0.2, 0.25) is 0 Å². The van der Waals surface area contributed by atoms with Crippen LogP contribution in [0.2, 0.25) is 0 Å². The highest BCUT2D eigenvalue weighted by Gasteiger charge is 2.24. The second-order valence-corrected chi connectivity index (χ2v) is 5.31. The van der Waals surface area contributed by atoms with E-state index in [1.54, 1.807) is 30.3 Å². The number of carbonyl (C=O) groups excluding carboxylic acids is 1. The average Bonchev–Trinajstić information content (AvgIpc) is 2.61. The number of hydrogen-bond acceptors (Lipinski definition) is 6. The van der Waals surface area contributed by atoms with Crippen molar-refractivity contribution in [3.05, 3.63) is 79.9 Å². The number of non-ortho nitro benzene ring substituents is 2. The molecule has 0 aromatic heterocycles. The lowest BCUT2D eigenvalue weighted by Crippen LogP contribution is -2.42. The van der Waals surface area contributed by atoms with Crippen molar-refractivity contribution in [2.24, 2.45) is 0 Å². The highest BCUT2D eigenvalue weighted by molar-refractivity contribution is 5.97. The Hall–Kier alpha value is -3.82. The molecule has 0 spiro atoms. The molecule has 0 saturated carbocycles. The molecule has 26 heavy (non-hydrogen) atoms. The lowest BCUT2D eigenvalue weighted by atomic mass is 10.1. The minimum atomic E-state index is -1.30. The molecule has 2 N–H and O–H groups in total. The van der Waals surface area contributed by atoms with E-state index >= 15 is 0 Å². The van der Waals surface area contributed by atoms with Crippen LogP contribution in [0.15, 0.2) is 48.5 Å². The maximum Gasteiger partial charge on any atom is 0.326 e. The summed E-state index contributed by atoms with van der Waals surface area (Å²) in [7, 11) is 0. The zero-order chi connectivity index (χ0) is 19.3. The number of hydrogen-bond donors (Lipinski definition) is 2. The van der Waals surface area contributed by atoms with E-state index in [4.69, 9.17) is 0 Å². The number of aliphatic carboxylic acids is 1. The van der Waals surface area contributed by atoms with Gasteiger partial charge in [0.05, 0.1) is 21.5 Å². The number of amides is 1. The fraction of sp³-hybridized carbons (Fsp3) is 0.125. The Balaban J connectivity index is 2.27. The minimum absolute atomic E-state index is 0.0149. The highest BCUT2D eigenvalue weighted by Crippen LogP contribution is 2.22. The van der Waals surface area contributed by atoms with E-state index in [1.165, 1.54) is 0 Å². The molecule has 1 amide bonds. The largest absolute Gasteiger partial charge is 0.480 e. The Morgan fingerprint density at radius 2 is 1.54 bits per heavy atom. The number of carbonyl (C=O) groups is 2. The van der Waals surface area contributed by atoms with Gasteiger partial charge in [0.1, 0.15) is 6.04 Å². The summed E-state index contributed by atoms with van der Waals surface area (Å²) in [4.78, 5) is 43.7. The zero-order valence-electron chi connectivity index (χ0n) is 13.2. The molecule has 2 aromatic rings. The van der Waals surface area contributed by atoms with Crippen molar-refractivity contribution in [2.45, 2.75) is 12.5 Å². The van der Waals surface area contributed by atoms with E-state index in [-0.39, 0.29) is 12.0 Å². The molecular weight excluding hydrogens is 346 g/mol. The Kier molecular flexibility index (Phi) is 5.58. The van der Waals surface area contributed by atoms with Crippen LogP contribution < -0.4 is 5.32 Å². The lowest BCUT2D eigenvalue weighted by molar-refractivity contribution is -0.394. The number of rotatable bonds is 7. The molecule has 134 valence electrons. The monoisotopic (exact) mass is 359 g/mol. The number of nitro groups is 2. The second-order valence-electron chi connectivity index (χ2n) is 5.31. The van der Waals surface area contributed by atoms with Crippen LogP contribution in [0.4, 0.5) is 11.4 Å². The SMILES string of the molecule is O=C(N[C@@H](Cc1ccccc1)C(=O)O)c1cc([N+](=O)[O-])cc([N+](=O)[O-])c1. The number of carboxylic acid groups (broad SMARTS) is 1. The molecule has 10 nitrogen and oxygen atoms in total. The molecule has 0 heterocycles. The van der Waals surface area contributed by atoms with Gasteiger partial charge in [0, 0.05) is 18.6 Å². The van der Waals surface area contributed by atoms with E-state index < -0.39 is 39.1 Å². The zero-order valence-corrected chi connectivity index (χ0v) is 13.2. The molecule has 0 aliphatic rings. The van der Waals surface area contributed by atoms with Crippen LogP contribution in [0.1, 0.15) is 15.9 Å². The molecule has 0 fully saturated rings. The van der Waals surface area contributed by atoms with Gasteiger partial charge in [-0.2, -0.15) is 0 Å². The van der Waals surface area contributed by atoms with E-state index in [2.05, 4.69) is 5.32 Å². The van der Waals surface area contributed by atoms with Gasteiger partial charge in [-0.05, 0) is 5.56 Å². The predicted octanol–water partition coefficient (Wildman–Crippen LogP) is 1.93. The molecule has 1 atom stereocenters. The summed E-state index contributed by atoms with van der Waals surface area (Å²) in [5.41, 5.74) is -0.992. The third kappa shape index (κ3) is 4.60. The molecule has 10 heteroatoms. The number of carboxylic acids is 1. The summed E-state index contributed by atoms with van der Waals surface area (Å²) in [5, 5.41) is 33.3. The van der Waals surface area contributed by atoms with Gasteiger partial charge in [-0.25, -0.2) is 4.79 Å². The summed E-state index contributed by atoms with van der Waals surface area (Å²) in [6, 6.07) is 9.65. The molecule has 0 aliphatic carbocycles. The van der Waals surface area contributed by atoms with Crippen molar-refractivity contribution in [2.75, 3.05) is 0 Å². The summed E-state index contributed by atoms with van der Waals surface area (Å²) < 4.78 is 0. The standard InChI is InChI=1S/C16H13N3O7/c20-15(11-7-12(18(23)24)9-13(8-11)19(25)26)17-14(16(21)22)6-10-4-2-1-3-5-10/h1-5,7-9,14H,6H2,(H,17,20)(H,21,22)/t14-/m0/s1. The number of nitrogens with one attached hydrogen (secondary N) is 1. The van der Waals surface area contributed by atoms with Crippen molar-refractivity contribution in [1.82, 2.24) is 5.32 Å². The van der Waals surface area contributed by atoms with Gasteiger partial charge in [0.15, 0.2) is 0 Å². The van der Waals surface area contributed by atoms with Crippen LogP contribution in [0.25, 0.3) is 0 Å². The predicted molar refractivity (Wildman–Crippen MR) is 88.8 cm³/mol. The fourth-order valence-corrected chi connectivity index (χ4v) is 2.23. The van der Waals surface area contributed by atoms with Gasteiger partial charge < -0.3 is 10.4 Å². The molecule has 0 aliphatic heterocycles. The van der Waals surface area contributed by atoms with Crippen molar-refractivity contribution < 1.29 is 24.5 Å². The fourth-order valence-electron chi connectivity index (χ4n) is 2.23. The third-order valence-electron chi connectivity index (χ3n) is 3.47. The van der Waals surface area contributed by atoms with Crippen LogP contribution >= 0.6 is 0 Å². The average molecular weight is 359 g/mol. The van der Waals surface area contributed by atoms with Crippen molar-refractivity contribution in [1.29, 1.82) is 0 Å². The molecule has 2 rings (SSSR count). The Morgan fingerprint density at radius 1 is 1.00 bits per heavy atom. The van der Waals surface area contributed by atoms with Crippen LogP contribution in [-0.4, -0.2) is 32.9 Å². The highest BCUT2D eigenvalue weighted by atomic mass is 16.6. The summed E-state index contributed by atoms with van der Waals surface area (Å²) in [6.45, 7) is 0. The molecule has 0 unspecified atom stereocenters. The van der Waals surface area contributed by atoms with E-state index in [0.29, 0.717) is 5.56 Å². The van der Waals surface area contributed by atoms with Gasteiger partial charge in [-0.15, -0.1) is 0 Å². The first kappa shape index (κ1) is 18.5. The van der Waals surface area contributed by atoms with Gasteiger partial charge in [-0.1, -0.05) is 30.3 Å². The van der Waals surface area contributed by atoms with Crippen molar-refractivity contribution in [3.63, 3.8) is 0 Å². The first-order chi connectivity index (χ1) is 12.3. The quantitative estimate of drug-likeness (QED) is 0.565. The number of nitro benzene ring substituents is 2.